The van der Waals surface area contributed by atoms with E-state index in [4.69, 9.17) is 38.0 Å². The van der Waals surface area contributed by atoms with Gasteiger partial charge in [-0.3, -0.25) is 9.69 Å². The first-order chi connectivity index (χ1) is 16.9. The topological polar surface area (TPSA) is 48.0 Å². The molecule has 35 heavy (non-hydrogen) atoms. The number of rotatable bonds is 8. The Morgan fingerprint density at radius 1 is 1.09 bits per heavy atom. The van der Waals surface area contributed by atoms with Crippen LogP contribution in [0.3, 0.4) is 0 Å². The third kappa shape index (κ3) is 6.11. The van der Waals surface area contributed by atoms with Gasteiger partial charge in [0.15, 0.2) is 15.8 Å². The first-order valence-corrected chi connectivity index (χ1v) is 13.3. The molecule has 0 aliphatic carbocycles. The van der Waals surface area contributed by atoms with E-state index in [1.807, 2.05) is 61.5 Å². The summed E-state index contributed by atoms with van der Waals surface area (Å²) in [4.78, 5) is 15.2. The van der Waals surface area contributed by atoms with Gasteiger partial charge in [-0.25, -0.2) is 0 Å². The molecule has 0 radical (unpaired) electrons. The Balaban J connectivity index is 1.58. The Hall–Kier alpha value is -2.27. The van der Waals surface area contributed by atoms with E-state index >= 15 is 0 Å². The van der Waals surface area contributed by atoms with Crippen LogP contribution in [0.25, 0.3) is 6.08 Å². The summed E-state index contributed by atoms with van der Waals surface area (Å²) < 4.78 is 18.5. The summed E-state index contributed by atoms with van der Waals surface area (Å²) in [5.74, 6) is 1.82. The van der Waals surface area contributed by atoms with Crippen molar-refractivity contribution in [3.05, 3.63) is 85.3 Å². The molecule has 0 N–H and O–H groups in total. The third-order valence-electron chi connectivity index (χ3n) is 5.05. The summed E-state index contributed by atoms with van der Waals surface area (Å²) in [5, 5.41) is 0.681. The highest BCUT2D eigenvalue weighted by Crippen LogP contribution is 2.39. The molecule has 0 atom stereocenters. The molecule has 1 amide bonds. The zero-order chi connectivity index (χ0) is 24.9. The summed E-state index contributed by atoms with van der Waals surface area (Å²) in [6.07, 6.45) is 1.83. The second-order valence-corrected chi connectivity index (χ2v) is 10.7. The van der Waals surface area contributed by atoms with E-state index in [0.29, 0.717) is 50.4 Å². The molecular formula is C26H21ClINO4S2. The number of amides is 1. The molecular weight excluding hydrogens is 617 g/mol. The normalized spacial score (nSPS) is 14.5. The van der Waals surface area contributed by atoms with Crippen LogP contribution in [-0.4, -0.2) is 23.9 Å². The van der Waals surface area contributed by atoms with Crippen molar-refractivity contribution in [2.45, 2.75) is 13.5 Å². The molecule has 1 saturated heterocycles. The lowest BCUT2D eigenvalue weighted by Gasteiger charge is -2.15. The van der Waals surface area contributed by atoms with Crippen molar-refractivity contribution in [3.8, 4) is 17.2 Å². The molecule has 9 heteroatoms. The van der Waals surface area contributed by atoms with Crippen LogP contribution >= 0.6 is 58.2 Å². The minimum Gasteiger partial charge on any atom is -0.497 e. The van der Waals surface area contributed by atoms with Crippen molar-refractivity contribution in [2.75, 3.05) is 18.6 Å². The number of carbonyl (C=O) groups excluding carboxylic acids is 1. The number of halogens is 2. The number of hydrogen-bond acceptors (Lipinski definition) is 6. The second-order valence-electron chi connectivity index (χ2n) is 7.39. The van der Waals surface area contributed by atoms with Crippen molar-refractivity contribution in [3.63, 3.8) is 0 Å². The molecule has 0 spiro atoms. The van der Waals surface area contributed by atoms with E-state index in [2.05, 4.69) is 22.6 Å². The van der Waals surface area contributed by atoms with Crippen LogP contribution in [0.2, 0.25) is 5.02 Å². The van der Waals surface area contributed by atoms with E-state index in [-0.39, 0.29) is 5.91 Å². The van der Waals surface area contributed by atoms with Crippen molar-refractivity contribution in [1.82, 2.24) is 0 Å². The van der Waals surface area contributed by atoms with Gasteiger partial charge in [0, 0.05) is 5.02 Å². The number of thiocarbonyl (C=S) groups is 1. The summed E-state index contributed by atoms with van der Waals surface area (Å²) in [7, 11) is 1.60. The first kappa shape index (κ1) is 25.8. The van der Waals surface area contributed by atoms with Crippen molar-refractivity contribution in [2.24, 2.45) is 0 Å². The van der Waals surface area contributed by atoms with Gasteiger partial charge in [-0.2, -0.15) is 0 Å². The fraction of sp³-hybridized carbons (Fsp3) is 0.154. The maximum atomic E-state index is 13.2. The molecule has 1 aliphatic heterocycles. The molecule has 0 saturated carbocycles. The molecule has 1 aliphatic rings. The predicted molar refractivity (Wildman–Crippen MR) is 155 cm³/mol. The van der Waals surface area contributed by atoms with Gasteiger partial charge in [0.1, 0.15) is 12.4 Å². The van der Waals surface area contributed by atoms with E-state index in [0.717, 1.165) is 14.7 Å². The Bertz CT molecular complexity index is 1280. The minimum absolute atomic E-state index is 0.166. The van der Waals surface area contributed by atoms with Crippen LogP contribution < -0.4 is 19.1 Å². The van der Waals surface area contributed by atoms with Crippen molar-refractivity contribution in [1.29, 1.82) is 0 Å². The van der Waals surface area contributed by atoms with Crippen LogP contribution in [0.5, 0.6) is 17.2 Å². The molecule has 3 aromatic carbocycles. The van der Waals surface area contributed by atoms with E-state index in [1.54, 1.807) is 19.2 Å². The zero-order valence-corrected chi connectivity index (χ0v) is 23.5. The SMILES string of the molecule is CCOc1cc(/C=C2\SC(=S)N(c3ccc(OC)cc3)C2=O)cc(I)c1OCc1ccc(Cl)cc1. The quantitative estimate of drug-likeness (QED) is 0.146. The summed E-state index contributed by atoms with van der Waals surface area (Å²) >= 11 is 15.0. The lowest BCUT2D eigenvalue weighted by atomic mass is 10.1. The summed E-state index contributed by atoms with van der Waals surface area (Å²) in [6.45, 7) is 2.78. The fourth-order valence-electron chi connectivity index (χ4n) is 3.38. The number of hydrogen-bond donors (Lipinski definition) is 0. The van der Waals surface area contributed by atoms with E-state index < -0.39 is 0 Å². The standard InChI is InChI=1S/C26H21ClINO4S2/c1-3-32-22-13-17(12-21(28)24(22)33-15-16-4-6-18(27)7-5-16)14-23-25(30)29(26(34)35-23)19-8-10-20(31-2)11-9-19/h4-14H,3,15H2,1-2H3/b23-14-. The molecule has 1 heterocycles. The minimum atomic E-state index is -0.166. The molecule has 5 nitrogen and oxygen atoms in total. The Morgan fingerprint density at radius 3 is 2.46 bits per heavy atom. The largest absolute Gasteiger partial charge is 0.497 e. The third-order valence-corrected chi connectivity index (χ3v) is 7.41. The van der Waals surface area contributed by atoms with Crippen LogP contribution in [0.15, 0.2) is 65.6 Å². The Morgan fingerprint density at radius 2 is 1.80 bits per heavy atom. The van der Waals surface area contributed by atoms with E-state index in [9.17, 15) is 4.79 Å². The van der Waals surface area contributed by atoms with Gasteiger partial charge in [-0.1, -0.05) is 47.7 Å². The number of thioether (sulfide) groups is 1. The van der Waals surface area contributed by atoms with Gasteiger partial charge >= 0.3 is 0 Å². The molecule has 0 aromatic heterocycles. The van der Waals surface area contributed by atoms with Gasteiger partial charge in [-0.05, 0) is 95.2 Å². The molecule has 0 bridgehead atoms. The monoisotopic (exact) mass is 637 g/mol. The number of methoxy groups -OCH3 is 1. The predicted octanol–water partition coefficient (Wildman–Crippen LogP) is 7.34. The van der Waals surface area contributed by atoms with E-state index in [1.165, 1.54) is 16.7 Å². The van der Waals surface area contributed by atoms with Crippen LogP contribution in [0, 0.1) is 3.57 Å². The summed E-state index contributed by atoms with van der Waals surface area (Å²) in [5.41, 5.74) is 2.53. The molecule has 0 unspecified atom stereocenters. The van der Waals surface area contributed by atoms with Crippen molar-refractivity contribution < 1.29 is 19.0 Å². The number of nitrogens with zero attached hydrogens (tertiary/aromatic N) is 1. The van der Waals surface area contributed by atoms with Gasteiger partial charge in [0.05, 0.1) is 27.9 Å². The number of carbonyl (C=O) groups is 1. The van der Waals surface area contributed by atoms with Crippen molar-refractivity contribution >= 4 is 80.2 Å². The van der Waals surface area contributed by atoms with Crippen LogP contribution in [-0.2, 0) is 11.4 Å². The highest BCUT2D eigenvalue weighted by Gasteiger charge is 2.33. The number of anilines is 1. The second kappa shape index (κ2) is 11.6. The number of benzene rings is 3. The molecule has 4 rings (SSSR count). The smallest absolute Gasteiger partial charge is 0.270 e. The van der Waals surface area contributed by atoms with Crippen LogP contribution in [0.4, 0.5) is 5.69 Å². The van der Waals surface area contributed by atoms with Gasteiger partial charge in [-0.15, -0.1) is 0 Å². The van der Waals surface area contributed by atoms with Gasteiger partial charge in [0.2, 0.25) is 0 Å². The molecule has 1 fully saturated rings. The molecule has 180 valence electrons. The summed E-state index contributed by atoms with van der Waals surface area (Å²) in [6, 6.07) is 18.6. The van der Waals surface area contributed by atoms with Gasteiger partial charge < -0.3 is 14.2 Å². The Labute approximate surface area is 232 Å². The average Bonchev–Trinajstić information content (AvgIpc) is 3.12. The average molecular weight is 638 g/mol. The lowest BCUT2D eigenvalue weighted by molar-refractivity contribution is -0.113. The maximum Gasteiger partial charge on any atom is 0.270 e. The highest BCUT2D eigenvalue weighted by atomic mass is 127. The Kier molecular flexibility index (Phi) is 8.59. The van der Waals surface area contributed by atoms with Gasteiger partial charge in [0.25, 0.3) is 5.91 Å². The zero-order valence-electron chi connectivity index (χ0n) is 18.9. The lowest BCUT2D eigenvalue weighted by Crippen LogP contribution is -2.27. The maximum absolute atomic E-state index is 13.2. The first-order valence-electron chi connectivity index (χ1n) is 10.6. The van der Waals surface area contributed by atoms with Crippen LogP contribution in [0.1, 0.15) is 18.1 Å². The fourth-order valence-corrected chi connectivity index (χ4v) is 5.59. The highest BCUT2D eigenvalue weighted by molar-refractivity contribution is 14.1. The number of ether oxygens (including phenoxy) is 3. The molecule has 3 aromatic rings.